The number of likely N-dealkylation sites (N-methyl/N-ethyl adjacent to an activating group) is 1. The summed E-state index contributed by atoms with van der Waals surface area (Å²) in [5, 5.41) is 3.06. The Morgan fingerprint density at radius 2 is 2.40 bits per heavy atom. The Balaban J connectivity index is 2.61. The van der Waals surface area contributed by atoms with E-state index in [1.165, 1.54) is 0 Å². The normalized spacial score (nSPS) is 13.1. The molecule has 0 fully saturated rings. The van der Waals surface area contributed by atoms with Gasteiger partial charge in [0.1, 0.15) is 0 Å². The molecule has 0 spiro atoms. The van der Waals surface area contributed by atoms with Crippen LogP contribution in [0.4, 0.5) is 0 Å². The third kappa shape index (κ3) is 3.28. The summed E-state index contributed by atoms with van der Waals surface area (Å²) in [6, 6.07) is -0.202. The summed E-state index contributed by atoms with van der Waals surface area (Å²) < 4.78 is 0. The molecule has 2 N–H and O–H groups in total. The first-order valence-corrected chi connectivity index (χ1v) is 5.83. The Kier molecular flexibility index (Phi) is 4.23. The van der Waals surface area contributed by atoms with Crippen molar-refractivity contribution in [1.29, 1.82) is 0 Å². The molecule has 1 aromatic rings. The molecule has 1 amide bonds. The number of amides is 1. The Labute approximate surface area is 94.1 Å². The van der Waals surface area contributed by atoms with E-state index >= 15 is 0 Å². The molecule has 0 saturated heterocycles. The third-order valence-corrected chi connectivity index (χ3v) is 3.15. The summed E-state index contributed by atoms with van der Waals surface area (Å²) in [5.74, 6) is -0.271. The molecule has 1 unspecified atom stereocenters. The van der Waals surface area contributed by atoms with E-state index in [1.807, 2.05) is 31.2 Å². The second-order valence-corrected chi connectivity index (χ2v) is 4.66. The summed E-state index contributed by atoms with van der Waals surface area (Å²) in [6.07, 6.45) is 0.731. The number of aryl methyl sites for hydroxylation is 1. The average molecular weight is 227 g/mol. The van der Waals surface area contributed by atoms with Crippen molar-refractivity contribution in [3.63, 3.8) is 0 Å². The smallest absolute Gasteiger partial charge is 0.234 e. The largest absolute Gasteiger partial charge is 0.368 e. The lowest BCUT2D eigenvalue weighted by Gasteiger charge is -2.23. The number of nitrogens with zero attached hydrogens (tertiary/aromatic N) is 2. The van der Waals surface area contributed by atoms with E-state index in [2.05, 4.69) is 4.98 Å². The highest BCUT2D eigenvalue weighted by Crippen LogP contribution is 2.12. The predicted octanol–water partition coefficient (Wildman–Crippen LogP) is 1.15. The van der Waals surface area contributed by atoms with Gasteiger partial charge < -0.3 is 5.73 Å². The van der Waals surface area contributed by atoms with Gasteiger partial charge in [0.2, 0.25) is 5.91 Å². The predicted molar refractivity (Wildman–Crippen MR) is 61.6 cm³/mol. The summed E-state index contributed by atoms with van der Waals surface area (Å²) in [4.78, 5) is 17.4. The first-order chi connectivity index (χ1) is 7.04. The van der Waals surface area contributed by atoms with Crippen LogP contribution in [0.5, 0.6) is 0 Å². The quantitative estimate of drug-likeness (QED) is 0.821. The molecule has 0 bridgehead atoms. The minimum Gasteiger partial charge on any atom is -0.368 e. The average Bonchev–Trinajstić information content (AvgIpc) is 2.51. The van der Waals surface area contributed by atoms with Crippen LogP contribution in [0.15, 0.2) is 5.38 Å². The van der Waals surface area contributed by atoms with Gasteiger partial charge in [-0.05, 0) is 20.4 Å². The van der Waals surface area contributed by atoms with E-state index in [1.54, 1.807) is 11.3 Å². The van der Waals surface area contributed by atoms with Gasteiger partial charge >= 0.3 is 0 Å². The fourth-order valence-electron chi connectivity index (χ4n) is 1.58. The van der Waals surface area contributed by atoms with Gasteiger partial charge in [0.05, 0.1) is 16.7 Å². The van der Waals surface area contributed by atoms with Crippen molar-refractivity contribution in [3.05, 3.63) is 16.1 Å². The van der Waals surface area contributed by atoms with Crippen LogP contribution >= 0.6 is 11.3 Å². The first kappa shape index (κ1) is 12.1. The molecule has 0 aromatic carbocycles. The van der Waals surface area contributed by atoms with E-state index < -0.39 is 0 Å². The zero-order valence-electron chi connectivity index (χ0n) is 9.36. The Hall–Kier alpha value is -0.940. The lowest BCUT2D eigenvalue weighted by molar-refractivity contribution is -0.123. The fourth-order valence-corrected chi connectivity index (χ4v) is 2.18. The van der Waals surface area contributed by atoms with Crippen LogP contribution in [-0.4, -0.2) is 28.9 Å². The lowest BCUT2D eigenvalue weighted by Crippen LogP contribution is -2.41. The molecule has 0 radical (unpaired) electrons. The third-order valence-electron chi connectivity index (χ3n) is 2.33. The fraction of sp³-hybridized carbons (Fsp3) is 0.600. The number of carbonyl (C=O) groups is 1. The van der Waals surface area contributed by atoms with Gasteiger partial charge in [-0.25, -0.2) is 4.98 Å². The maximum atomic E-state index is 11.1. The van der Waals surface area contributed by atoms with Crippen molar-refractivity contribution in [2.24, 2.45) is 5.73 Å². The minimum atomic E-state index is -0.271. The molecular formula is C10H17N3OS. The number of rotatable bonds is 5. The molecule has 1 aromatic heterocycles. The maximum absolute atomic E-state index is 11.1. The molecule has 84 valence electrons. The van der Waals surface area contributed by atoms with Crippen molar-refractivity contribution in [1.82, 2.24) is 9.88 Å². The van der Waals surface area contributed by atoms with Crippen LogP contribution in [0, 0.1) is 6.92 Å². The number of thiazole rings is 1. The molecule has 0 aliphatic rings. The molecule has 5 heteroatoms. The van der Waals surface area contributed by atoms with Gasteiger partial charge in [0.25, 0.3) is 0 Å². The van der Waals surface area contributed by atoms with Crippen LogP contribution < -0.4 is 5.73 Å². The lowest BCUT2D eigenvalue weighted by atomic mass is 10.2. The summed E-state index contributed by atoms with van der Waals surface area (Å²) in [5.41, 5.74) is 6.31. The monoisotopic (exact) mass is 227 g/mol. The highest BCUT2D eigenvalue weighted by Gasteiger charge is 2.18. The molecule has 0 aliphatic heterocycles. The SMILES string of the molecule is CCC(C(N)=O)N(C)Cc1csc(C)n1. The van der Waals surface area contributed by atoms with E-state index in [9.17, 15) is 4.79 Å². The summed E-state index contributed by atoms with van der Waals surface area (Å²) >= 11 is 1.62. The van der Waals surface area contributed by atoms with Crippen molar-refractivity contribution < 1.29 is 4.79 Å². The van der Waals surface area contributed by atoms with Crippen LogP contribution in [0.1, 0.15) is 24.0 Å². The zero-order valence-corrected chi connectivity index (χ0v) is 10.2. The van der Waals surface area contributed by atoms with E-state index in [0.29, 0.717) is 6.54 Å². The van der Waals surface area contributed by atoms with Crippen molar-refractivity contribution in [3.8, 4) is 0 Å². The van der Waals surface area contributed by atoms with Crippen LogP contribution in [0.2, 0.25) is 0 Å². The molecule has 1 atom stereocenters. The Morgan fingerprint density at radius 3 is 2.80 bits per heavy atom. The highest BCUT2D eigenvalue weighted by atomic mass is 32.1. The second-order valence-electron chi connectivity index (χ2n) is 3.60. The van der Waals surface area contributed by atoms with Crippen molar-refractivity contribution in [2.45, 2.75) is 32.9 Å². The molecule has 0 saturated carbocycles. The number of hydrogen-bond donors (Lipinski definition) is 1. The van der Waals surface area contributed by atoms with E-state index in [-0.39, 0.29) is 11.9 Å². The molecular weight excluding hydrogens is 210 g/mol. The van der Waals surface area contributed by atoms with Crippen molar-refractivity contribution in [2.75, 3.05) is 7.05 Å². The van der Waals surface area contributed by atoms with Crippen LogP contribution in [-0.2, 0) is 11.3 Å². The number of primary amides is 1. The summed E-state index contributed by atoms with van der Waals surface area (Å²) in [7, 11) is 1.90. The Morgan fingerprint density at radius 1 is 1.73 bits per heavy atom. The van der Waals surface area contributed by atoms with Gasteiger partial charge in [-0.3, -0.25) is 9.69 Å². The maximum Gasteiger partial charge on any atom is 0.234 e. The molecule has 0 aliphatic carbocycles. The number of carbonyl (C=O) groups excluding carboxylic acids is 1. The summed E-state index contributed by atoms with van der Waals surface area (Å²) in [6.45, 7) is 4.60. The molecule has 4 nitrogen and oxygen atoms in total. The standard InChI is InChI=1S/C10H17N3OS/c1-4-9(10(11)14)13(3)5-8-6-15-7(2)12-8/h6,9H,4-5H2,1-3H3,(H2,11,14). The second kappa shape index (κ2) is 5.23. The van der Waals surface area contributed by atoms with Gasteiger partial charge in [-0.15, -0.1) is 11.3 Å². The van der Waals surface area contributed by atoms with Gasteiger partial charge in [-0.1, -0.05) is 6.92 Å². The van der Waals surface area contributed by atoms with E-state index in [0.717, 1.165) is 17.1 Å². The first-order valence-electron chi connectivity index (χ1n) is 4.95. The zero-order chi connectivity index (χ0) is 11.4. The topological polar surface area (TPSA) is 59.2 Å². The van der Waals surface area contributed by atoms with Crippen molar-refractivity contribution >= 4 is 17.2 Å². The molecule has 1 rings (SSSR count). The van der Waals surface area contributed by atoms with Crippen LogP contribution in [0.25, 0.3) is 0 Å². The number of hydrogen-bond acceptors (Lipinski definition) is 4. The minimum absolute atomic E-state index is 0.202. The Bertz CT molecular complexity index is 337. The van der Waals surface area contributed by atoms with E-state index in [4.69, 9.17) is 5.73 Å². The van der Waals surface area contributed by atoms with Gasteiger partial charge in [0, 0.05) is 11.9 Å². The van der Waals surface area contributed by atoms with Crippen LogP contribution in [0.3, 0.4) is 0 Å². The van der Waals surface area contributed by atoms with Gasteiger partial charge in [0.15, 0.2) is 0 Å². The number of nitrogens with two attached hydrogens (primary N) is 1. The van der Waals surface area contributed by atoms with Gasteiger partial charge in [-0.2, -0.15) is 0 Å². The highest BCUT2D eigenvalue weighted by molar-refractivity contribution is 7.09. The molecule has 15 heavy (non-hydrogen) atoms. The number of aromatic nitrogens is 1. The molecule has 1 heterocycles.